The van der Waals surface area contributed by atoms with Crippen LogP contribution in [0.15, 0.2) is 64.0 Å². The molecule has 1 aliphatic heterocycles. The Labute approximate surface area is 231 Å². The normalized spacial score (nSPS) is 14.3. The van der Waals surface area contributed by atoms with Crippen molar-refractivity contribution in [3.63, 3.8) is 0 Å². The van der Waals surface area contributed by atoms with Crippen LogP contribution in [0, 0.1) is 13.8 Å². The maximum atomic E-state index is 12.9. The number of amides is 3. The average Bonchev–Trinajstić information content (AvgIpc) is 3.16. The first-order chi connectivity index (χ1) is 17.7. The molecule has 0 aromatic heterocycles. The standard InChI is InChI=1S/C27H22BrClN2O5S/c1-15-16(2)21(10-9-20(15)28)30-25(32)14-36-22-11-4-17(12-23(22)35-3)13-24-26(33)31(27(34)37-24)19-7-5-18(29)6-8-19/h4-13H,14H2,1-3H3,(H,30,32)/b24-13-. The topological polar surface area (TPSA) is 84.9 Å². The number of carbonyl (C=O) groups excluding carboxylic acids is 3. The summed E-state index contributed by atoms with van der Waals surface area (Å²) in [4.78, 5) is 39.3. The Hall–Kier alpha value is -3.27. The van der Waals surface area contributed by atoms with E-state index >= 15 is 0 Å². The fraction of sp³-hybridized carbons (Fsp3) is 0.148. The molecular weight excluding hydrogens is 580 g/mol. The van der Waals surface area contributed by atoms with E-state index in [0.29, 0.717) is 33.5 Å². The van der Waals surface area contributed by atoms with E-state index in [-0.39, 0.29) is 17.4 Å². The Morgan fingerprint density at radius 2 is 1.78 bits per heavy atom. The van der Waals surface area contributed by atoms with Crippen molar-refractivity contribution in [3.05, 3.63) is 85.7 Å². The molecular formula is C27H22BrClN2O5S. The summed E-state index contributed by atoms with van der Waals surface area (Å²) in [6.07, 6.45) is 1.61. The van der Waals surface area contributed by atoms with E-state index in [2.05, 4.69) is 21.2 Å². The fourth-order valence-electron chi connectivity index (χ4n) is 3.58. The van der Waals surface area contributed by atoms with E-state index in [1.807, 2.05) is 26.0 Å². The highest BCUT2D eigenvalue weighted by molar-refractivity contribution is 9.10. The minimum Gasteiger partial charge on any atom is -0.493 e. The van der Waals surface area contributed by atoms with E-state index in [1.165, 1.54) is 7.11 Å². The second-order valence-electron chi connectivity index (χ2n) is 8.09. The SMILES string of the molecule is COc1cc(/C=C2\SC(=O)N(c3ccc(Cl)cc3)C2=O)ccc1OCC(=O)Nc1ccc(Br)c(C)c1C. The molecule has 7 nitrogen and oxygen atoms in total. The third-order valence-corrected chi connectivity index (χ3v) is 7.70. The van der Waals surface area contributed by atoms with E-state index in [0.717, 1.165) is 32.3 Å². The van der Waals surface area contributed by atoms with E-state index in [1.54, 1.807) is 48.5 Å². The van der Waals surface area contributed by atoms with Crippen molar-refractivity contribution in [1.82, 2.24) is 0 Å². The lowest BCUT2D eigenvalue weighted by molar-refractivity contribution is -0.118. The van der Waals surface area contributed by atoms with Gasteiger partial charge in [-0.3, -0.25) is 14.4 Å². The summed E-state index contributed by atoms with van der Waals surface area (Å²) in [5.41, 5.74) is 3.80. The van der Waals surface area contributed by atoms with Crippen molar-refractivity contribution in [2.75, 3.05) is 23.9 Å². The number of imide groups is 1. The van der Waals surface area contributed by atoms with Crippen molar-refractivity contribution in [2.45, 2.75) is 13.8 Å². The highest BCUT2D eigenvalue weighted by Gasteiger charge is 2.36. The van der Waals surface area contributed by atoms with Crippen LogP contribution in [0.4, 0.5) is 16.2 Å². The van der Waals surface area contributed by atoms with Crippen LogP contribution in [0.2, 0.25) is 5.02 Å². The van der Waals surface area contributed by atoms with Gasteiger partial charge in [0.25, 0.3) is 17.1 Å². The van der Waals surface area contributed by atoms with Gasteiger partial charge in [0.15, 0.2) is 18.1 Å². The number of carbonyl (C=O) groups is 3. The Balaban J connectivity index is 1.45. The second-order valence-corrected chi connectivity index (χ2v) is 10.4. The van der Waals surface area contributed by atoms with Crippen LogP contribution in [0.5, 0.6) is 11.5 Å². The maximum absolute atomic E-state index is 12.9. The number of methoxy groups -OCH3 is 1. The molecule has 0 unspecified atom stereocenters. The zero-order chi connectivity index (χ0) is 26.7. The minimum atomic E-state index is -0.424. The minimum absolute atomic E-state index is 0.218. The molecule has 1 N–H and O–H groups in total. The fourth-order valence-corrected chi connectivity index (χ4v) is 4.97. The highest BCUT2D eigenvalue weighted by Crippen LogP contribution is 2.37. The van der Waals surface area contributed by atoms with Gasteiger partial charge in [0.2, 0.25) is 0 Å². The summed E-state index contributed by atoms with van der Waals surface area (Å²) in [5, 5.41) is 2.97. The average molecular weight is 602 g/mol. The van der Waals surface area contributed by atoms with Gasteiger partial charge in [-0.15, -0.1) is 0 Å². The van der Waals surface area contributed by atoms with Crippen LogP contribution in [0.1, 0.15) is 16.7 Å². The first-order valence-electron chi connectivity index (χ1n) is 11.1. The zero-order valence-corrected chi connectivity index (χ0v) is 23.3. The van der Waals surface area contributed by atoms with Crippen LogP contribution < -0.4 is 19.7 Å². The number of thioether (sulfide) groups is 1. The first kappa shape index (κ1) is 26.8. The number of ether oxygens (including phenoxy) is 2. The Kier molecular flexibility index (Phi) is 8.26. The van der Waals surface area contributed by atoms with Gasteiger partial charge in [-0.1, -0.05) is 33.6 Å². The molecule has 37 heavy (non-hydrogen) atoms. The van der Waals surface area contributed by atoms with Gasteiger partial charge < -0.3 is 14.8 Å². The Bertz CT molecular complexity index is 1430. The molecule has 3 aromatic carbocycles. The quantitative estimate of drug-likeness (QED) is 0.294. The summed E-state index contributed by atoms with van der Waals surface area (Å²) in [7, 11) is 1.48. The van der Waals surface area contributed by atoms with Gasteiger partial charge in [0, 0.05) is 15.2 Å². The first-order valence-corrected chi connectivity index (χ1v) is 13.1. The maximum Gasteiger partial charge on any atom is 0.298 e. The predicted molar refractivity (Wildman–Crippen MR) is 151 cm³/mol. The monoisotopic (exact) mass is 600 g/mol. The Morgan fingerprint density at radius 3 is 2.49 bits per heavy atom. The third kappa shape index (κ3) is 6.01. The molecule has 3 amide bonds. The molecule has 1 heterocycles. The molecule has 0 aliphatic carbocycles. The van der Waals surface area contributed by atoms with Gasteiger partial charge >= 0.3 is 0 Å². The van der Waals surface area contributed by atoms with Crippen molar-refractivity contribution < 1.29 is 23.9 Å². The van der Waals surface area contributed by atoms with Crippen LogP contribution in [0.25, 0.3) is 6.08 Å². The molecule has 10 heteroatoms. The molecule has 0 saturated carbocycles. The molecule has 0 radical (unpaired) electrons. The van der Waals surface area contributed by atoms with Gasteiger partial charge in [-0.05, 0) is 96.9 Å². The summed E-state index contributed by atoms with van der Waals surface area (Å²) in [6, 6.07) is 15.2. The number of benzene rings is 3. The second kappa shape index (κ2) is 11.4. The summed E-state index contributed by atoms with van der Waals surface area (Å²) < 4.78 is 12.1. The smallest absolute Gasteiger partial charge is 0.298 e. The van der Waals surface area contributed by atoms with E-state index < -0.39 is 11.1 Å². The van der Waals surface area contributed by atoms with Crippen LogP contribution in [0.3, 0.4) is 0 Å². The van der Waals surface area contributed by atoms with E-state index in [9.17, 15) is 14.4 Å². The molecule has 0 atom stereocenters. The van der Waals surface area contributed by atoms with Crippen molar-refractivity contribution >= 4 is 73.8 Å². The van der Waals surface area contributed by atoms with E-state index in [4.69, 9.17) is 21.1 Å². The molecule has 4 rings (SSSR count). The summed E-state index contributed by atoms with van der Waals surface area (Å²) in [5.74, 6) is 0.0144. The number of nitrogens with zero attached hydrogens (tertiary/aromatic N) is 1. The molecule has 1 saturated heterocycles. The molecule has 3 aromatic rings. The van der Waals surface area contributed by atoms with Gasteiger partial charge in [-0.25, -0.2) is 4.90 Å². The lowest BCUT2D eigenvalue weighted by Crippen LogP contribution is -2.27. The van der Waals surface area contributed by atoms with Crippen LogP contribution in [-0.4, -0.2) is 30.8 Å². The van der Waals surface area contributed by atoms with Gasteiger partial charge in [-0.2, -0.15) is 0 Å². The summed E-state index contributed by atoms with van der Waals surface area (Å²) in [6.45, 7) is 3.68. The predicted octanol–water partition coefficient (Wildman–Crippen LogP) is 6.99. The van der Waals surface area contributed by atoms with Crippen molar-refractivity contribution in [1.29, 1.82) is 0 Å². The Morgan fingerprint density at radius 1 is 1.05 bits per heavy atom. The van der Waals surface area contributed by atoms with Crippen LogP contribution >= 0.6 is 39.3 Å². The number of nitrogens with one attached hydrogen (secondary N) is 1. The number of anilines is 2. The molecule has 190 valence electrons. The summed E-state index contributed by atoms with van der Waals surface area (Å²) >= 11 is 10.2. The zero-order valence-electron chi connectivity index (χ0n) is 20.1. The highest BCUT2D eigenvalue weighted by atomic mass is 79.9. The number of hydrogen-bond donors (Lipinski definition) is 1. The van der Waals surface area contributed by atoms with Crippen LogP contribution in [-0.2, 0) is 9.59 Å². The lowest BCUT2D eigenvalue weighted by atomic mass is 10.1. The van der Waals surface area contributed by atoms with Gasteiger partial charge in [0.1, 0.15) is 0 Å². The molecule has 0 bridgehead atoms. The number of hydrogen-bond acceptors (Lipinski definition) is 6. The molecule has 0 spiro atoms. The molecule has 1 aliphatic rings. The lowest BCUT2D eigenvalue weighted by Gasteiger charge is -2.14. The van der Waals surface area contributed by atoms with Crippen molar-refractivity contribution in [3.8, 4) is 11.5 Å². The third-order valence-electron chi connectivity index (χ3n) is 5.72. The largest absolute Gasteiger partial charge is 0.493 e. The number of halogens is 2. The van der Waals surface area contributed by atoms with Crippen molar-refractivity contribution in [2.24, 2.45) is 0 Å². The number of rotatable bonds is 7. The molecule has 1 fully saturated rings. The van der Waals surface area contributed by atoms with Gasteiger partial charge in [0.05, 0.1) is 17.7 Å².